The van der Waals surface area contributed by atoms with Crippen molar-refractivity contribution in [1.29, 1.82) is 0 Å². The fourth-order valence-electron chi connectivity index (χ4n) is 3.80. The molecule has 1 N–H and O–H groups in total. The van der Waals surface area contributed by atoms with E-state index in [4.69, 9.17) is 21.1 Å². The molecular formula is C25H26ClN3O3. The van der Waals surface area contributed by atoms with E-state index in [9.17, 15) is 4.79 Å². The number of halogens is 1. The maximum absolute atomic E-state index is 12.5. The second-order valence-corrected chi connectivity index (χ2v) is 8.03. The van der Waals surface area contributed by atoms with E-state index in [1.54, 1.807) is 24.4 Å². The molecule has 1 fully saturated rings. The number of ether oxygens (including phenoxy) is 2. The van der Waals surface area contributed by atoms with Gasteiger partial charge in [-0.2, -0.15) is 0 Å². The van der Waals surface area contributed by atoms with Gasteiger partial charge in [-0.25, -0.2) is 4.98 Å². The third kappa shape index (κ3) is 5.99. The minimum atomic E-state index is -0.183. The number of nitrogens with zero attached hydrogens (tertiary/aromatic N) is 2. The number of pyridine rings is 1. The van der Waals surface area contributed by atoms with Gasteiger partial charge in [0, 0.05) is 29.9 Å². The molecule has 2 heterocycles. The molecule has 2 aromatic carbocycles. The van der Waals surface area contributed by atoms with Gasteiger partial charge in [-0.3, -0.25) is 9.69 Å². The van der Waals surface area contributed by atoms with Crippen LogP contribution in [0.2, 0.25) is 5.02 Å². The molecule has 1 saturated heterocycles. The standard InChI is InChI=1S/C25H26ClN3O3/c26-22-11-2-1-10-21(22)23(29-14-5-6-15-29)17-28-24(30)18-31-19-8-7-9-20(16-19)32-25-12-3-4-13-27-25/h1-4,7-13,16,23H,5-6,14-15,17-18H2,(H,28,30)/t23-/m1/s1. The van der Waals surface area contributed by atoms with Crippen LogP contribution in [0.4, 0.5) is 0 Å². The lowest BCUT2D eigenvalue weighted by Crippen LogP contribution is -2.38. The van der Waals surface area contributed by atoms with Crippen LogP contribution in [0.5, 0.6) is 17.4 Å². The Balaban J connectivity index is 1.32. The maximum atomic E-state index is 12.5. The van der Waals surface area contributed by atoms with E-state index in [1.807, 2.05) is 48.5 Å². The van der Waals surface area contributed by atoms with Gasteiger partial charge < -0.3 is 14.8 Å². The third-order valence-electron chi connectivity index (χ3n) is 5.37. The number of carbonyl (C=O) groups is 1. The Morgan fingerprint density at radius 2 is 1.81 bits per heavy atom. The molecule has 0 saturated carbocycles. The van der Waals surface area contributed by atoms with Gasteiger partial charge in [0.2, 0.25) is 5.88 Å². The monoisotopic (exact) mass is 451 g/mol. The number of hydrogen-bond acceptors (Lipinski definition) is 5. The highest BCUT2D eigenvalue weighted by atomic mass is 35.5. The largest absolute Gasteiger partial charge is 0.484 e. The van der Waals surface area contributed by atoms with Crippen LogP contribution < -0.4 is 14.8 Å². The van der Waals surface area contributed by atoms with E-state index in [1.165, 1.54) is 0 Å². The number of aromatic nitrogens is 1. The summed E-state index contributed by atoms with van der Waals surface area (Å²) in [5.41, 5.74) is 1.04. The number of carbonyl (C=O) groups excluding carboxylic acids is 1. The smallest absolute Gasteiger partial charge is 0.258 e. The first kappa shape index (κ1) is 22.1. The number of rotatable bonds is 9. The Hall–Kier alpha value is -3.09. The highest BCUT2D eigenvalue weighted by Gasteiger charge is 2.25. The van der Waals surface area contributed by atoms with Crippen LogP contribution in [0.3, 0.4) is 0 Å². The molecule has 0 spiro atoms. The molecule has 0 aliphatic carbocycles. The highest BCUT2D eigenvalue weighted by molar-refractivity contribution is 6.31. The predicted octanol–water partition coefficient (Wildman–Crippen LogP) is 4.86. The van der Waals surface area contributed by atoms with E-state index in [2.05, 4.69) is 15.2 Å². The molecule has 1 atom stereocenters. The minimum Gasteiger partial charge on any atom is -0.484 e. The van der Waals surface area contributed by atoms with E-state index in [0.29, 0.717) is 23.9 Å². The molecule has 166 valence electrons. The molecule has 1 aliphatic rings. The normalized spacial score (nSPS) is 14.7. The molecule has 32 heavy (non-hydrogen) atoms. The van der Waals surface area contributed by atoms with Crippen molar-refractivity contribution in [2.45, 2.75) is 18.9 Å². The second-order valence-electron chi connectivity index (χ2n) is 7.62. The van der Waals surface area contributed by atoms with Gasteiger partial charge in [0.05, 0.1) is 6.04 Å². The van der Waals surface area contributed by atoms with E-state index < -0.39 is 0 Å². The number of likely N-dealkylation sites (tertiary alicyclic amines) is 1. The van der Waals surface area contributed by atoms with Crippen molar-refractivity contribution in [3.63, 3.8) is 0 Å². The van der Waals surface area contributed by atoms with Crippen molar-refractivity contribution in [1.82, 2.24) is 15.2 Å². The fraction of sp³-hybridized carbons (Fsp3) is 0.280. The lowest BCUT2D eigenvalue weighted by Gasteiger charge is -2.29. The summed E-state index contributed by atoms with van der Waals surface area (Å²) in [6.07, 6.45) is 3.99. The summed E-state index contributed by atoms with van der Waals surface area (Å²) in [5, 5.41) is 3.73. The van der Waals surface area contributed by atoms with Gasteiger partial charge in [0.1, 0.15) is 11.5 Å². The predicted molar refractivity (Wildman–Crippen MR) is 124 cm³/mol. The summed E-state index contributed by atoms with van der Waals surface area (Å²) in [4.78, 5) is 19.0. The average Bonchev–Trinajstić information content (AvgIpc) is 3.35. The zero-order valence-electron chi connectivity index (χ0n) is 17.7. The van der Waals surface area contributed by atoms with Gasteiger partial charge >= 0.3 is 0 Å². The molecule has 6 nitrogen and oxygen atoms in total. The van der Waals surface area contributed by atoms with E-state index in [0.717, 1.165) is 36.5 Å². The first-order valence-corrected chi connectivity index (χ1v) is 11.1. The van der Waals surface area contributed by atoms with Crippen LogP contribution in [0.25, 0.3) is 0 Å². The van der Waals surface area contributed by atoms with Gasteiger partial charge in [0.15, 0.2) is 6.61 Å². The van der Waals surface area contributed by atoms with Gasteiger partial charge in [-0.1, -0.05) is 41.9 Å². The topological polar surface area (TPSA) is 63.7 Å². The summed E-state index contributed by atoms with van der Waals surface area (Å²) in [6, 6.07) is 20.5. The highest BCUT2D eigenvalue weighted by Crippen LogP contribution is 2.29. The Morgan fingerprint density at radius 1 is 1.03 bits per heavy atom. The fourth-order valence-corrected chi connectivity index (χ4v) is 4.06. The summed E-state index contributed by atoms with van der Waals surface area (Å²) in [5.74, 6) is 1.46. The molecule has 0 radical (unpaired) electrons. The third-order valence-corrected chi connectivity index (χ3v) is 5.72. The van der Waals surface area contributed by atoms with Crippen molar-refractivity contribution in [3.8, 4) is 17.4 Å². The molecule has 3 aromatic rings. The maximum Gasteiger partial charge on any atom is 0.258 e. The summed E-state index contributed by atoms with van der Waals surface area (Å²) in [7, 11) is 0. The summed E-state index contributed by atoms with van der Waals surface area (Å²) < 4.78 is 11.4. The van der Waals surface area contributed by atoms with E-state index >= 15 is 0 Å². The van der Waals surface area contributed by atoms with Crippen LogP contribution in [0.1, 0.15) is 24.4 Å². The molecule has 1 aromatic heterocycles. The van der Waals surface area contributed by atoms with Crippen LogP contribution in [0, 0.1) is 0 Å². The van der Waals surface area contributed by atoms with Gasteiger partial charge in [-0.05, 0) is 55.8 Å². The molecule has 0 unspecified atom stereocenters. The first-order chi connectivity index (χ1) is 15.7. The van der Waals surface area contributed by atoms with Gasteiger partial charge in [0.25, 0.3) is 5.91 Å². The molecule has 0 bridgehead atoms. The molecule has 7 heteroatoms. The zero-order valence-corrected chi connectivity index (χ0v) is 18.5. The van der Waals surface area contributed by atoms with Crippen molar-refractivity contribution < 1.29 is 14.3 Å². The van der Waals surface area contributed by atoms with Crippen LogP contribution in [-0.4, -0.2) is 42.0 Å². The summed E-state index contributed by atoms with van der Waals surface area (Å²) >= 11 is 6.45. The van der Waals surface area contributed by atoms with Crippen LogP contribution in [-0.2, 0) is 4.79 Å². The molecular weight excluding hydrogens is 426 g/mol. The average molecular weight is 452 g/mol. The van der Waals surface area contributed by atoms with E-state index in [-0.39, 0.29) is 18.6 Å². The Kier molecular flexibility index (Phi) is 7.59. The van der Waals surface area contributed by atoms with Crippen molar-refractivity contribution in [3.05, 3.63) is 83.5 Å². The quantitative estimate of drug-likeness (QED) is 0.503. The number of benzene rings is 2. The zero-order chi connectivity index (χ0) is 22.2. The lowest BCUT2D eigenvalue weighted by atomic mass is 10.1. The van der Waals surface area contributed by atoms with Crippen LogP contribution in [0.15, 0.2) is 72.9 Å². The Bertz CT molecular complexity index is 1030. The second kappa shape index (κ2) is 11.0. The Labute approximate surface area is 193 Å². The number of amides is 1. The molecule has 4 rings (SSSR count). The SMILES string of the molecule is O=C(COc1cccc(Oc2ccccn2)c1)NC[C@H](c1ccccc1Cl)N1CCCC1. The van der Waals surface area contributed by atoms with Crippen molar-refractivity contribution >= 4 is 17.5 Å². The minimum absolute atomic E-state index is 0.0465. The van der Waals surface area contributed by atoms with Gasteiger partial charge in [-0.15, -0.1) is 0 Å². The van der Waals surface area contributed by atoms with Crippen molar-refractivity contribution in [2.24, 2.45) is 0 Å². The lowest BCUT2D eigenvalue weighted by molar-refractivity contribution is -0.123. The number of hydrogen-bond donors (Lipinski definition) is 1. The molecule has 1 aliphatic heterocycles. The number of nitrogens with one attached hydrogen (secondary N) is 1. The molecule has 1 amide bonds. The van der Waals surface area contributed by atoms with Crippen LogP contribution >= 0.6 is 11.6 Å². The van der Waals surface area contributed by atoms with Crippen molar-refractivity contribution in [2.75, 3.05) is 26.2 Å². The first-order valence-electron chi connectivity index (χ1n) is 10.8. The summed E-state index contributed by atoms with van der Waals surface area (Å²) in [6.45, 7) is 2.41. The Morgan fingerprint density at radius 3 is 2.59 bits per heavy atom.